The molecule has 8 nitrogen and oxygen atoms in total. The third-order valence-corrected chi connectivity index (χ3v) is 12.4. The number of carbonyl (C=O) groups is 1. The SMILES string of the molecule is COc1ccc(N(c2ccc(OC)cc2)c2ccc(-c3ccc(-c4cc5c(s4)-c4sc(/C=C(/C#N)C(=O)O)cc4C5(C)C)c4nsnc34)cc2)cc1. The van der Waals surface area contributed by atoms with E-state index in [1.165, 1.54) is 39.6 Å². The number of carboxylic acids is 1. The summed E-state index contributed by atoms with van der Waals surface area (Å²) < 4.78 is 20.4. The Morgan fingerprint density at radius 3 is 1.85 bits per heavy atom. The van der Waals surface area contributed by atoms with Gasteiger partial charge < -0.3 is 19.5 Å². The Morgan fingerprint density at radius 1 is 0.769 bits per heavy atom. The van der Waals surface area contributed by atoms with Gasteiger partial charge in [0.2, 0.25) is 0 Å². The average Bonchev–Trinajstić information content (AvgIpc) is 3.96. The Morgan fingerprint density at radius 2 is 1.29 bits per heavy atom. The minimum atomic E-state index is -1.22. The fraction of sp³-hybridized carbons (Fsp3) is 0.122. The van der Waals surface area contributed by atoms with Gasteiger partial charge in [-0.2, -0.15) is 14.0 Å². The molecule has 1 N–H and O–H groups in total. The zero-order valence-corrected chi connectivity index (χ0v) is 31.0. The molecular formula is C41H30N4O4S3. The van der Waals surface area contributed by atoms with Crippen molar-refractivity contribution < 1.29 is 19.4 Å². The number of carboxylic acid groups (broad SMARTS) is 1. The lowest BCUT2D eigenvalue weighted by Crippen LogP contribution is -2.13. The van der Waals surface area contributed by atoms with Crippen LogP contribution in [0.15, 0.2) is 103 Å². The standard InChI is InChI=1S/C41H30N4O4S3/c1-41(2)33-20-30(19-24(22-42)40(46)47)50-38(33)39-34(41)21-35(51-39)32-18-17-31(36-37(32)44-52-43-36)23-5-7-25(8-6-23)45(26-9-13-28(48-3)14-10-26)27-11-15-29(49-4)16-12-27/h5-21H,1-4H3,(H,46,47)/b24-19-. The highest BCUT2D eigenvalue weighted by molar-refractivity contribution is 7.24. The van der Waals surface area contributed by atoms with Gasteiger partial charge in [0.05, 0.1) is 25.9 Å². The first-order valence-corrected chi connectivity index (χ1v) is 18.6. The second-order valence-electron chi connectivity index (χ2n) is 12.7. The number of anilines is 3. The second-order valence-corrected chi connectivity index (χ2v) is 15.4. The van der Waals surface area contributed by atoms with E-state index >= 15 is 0 Å². The van der Waals surface area contributed by atoms with E-state index in [-0.39, 0.29) is 11.0 Å². The monoisotopic (exact) mass is 738 g/mol. The highest BCUT2D eigenvalue weighted by atomic mass is 32.1. The molecule has 1 aliphatic rings. The number of hydrogen-bond donors (Lipinski definition) is 1. The van der Waals surface area contributed by atoms with Gasteiger partial charge in [0.25, 0.3) is 0 Å². The third-order valence-electron chi connectivity index (χ3n) is 9.45. The lowest BCUT2D eigenvalue weighted by atomic mass is 9.83. The van der Waals surface area contributed by atoms with Crippen LogP contribution in [0, 0.1) is 11.3 Å². The lowest BCUT2D eigenvalue weighted by Gasteiger charge is -2.26. The minimum absolute atomic E-state index is 0.273. The van der Waals surface area contributed by atoms with Crippen LogP contribution in [0.5, 0.6) is 11.5 Å². The molecule has 7 aromatic rings. The average molecular weight is 739 g/mol. The fourth-order valence-corrected chi connectivity index (χ4v) is 10.0. The normalized spacial score (nSPS) is 13.0. The maximum absolute atomic E-state index is 11.5. The maximum atomic E-state index is 11.5. The van der Waals surface area contributed by atoms with Crippen molar-refractivity contribution in [3.63, 3.8) is 0 Å². The van der Waals surface area contributed by atoms with E-state index < -0.39 is 5.97 Å². The largest absolute Gasteiger partial charge is 0.497 e. The van der Waals surface area contributed by atoms with E-state index in [9.17, 15) is 15.2 Å². The Hall–Kier alpha value is -5.80. The zero-order valence-electron chi connectivity index (χ0n) is 28.5. The van der Waals surface area contributed by atoms with Crippen molar-refractivity contribution >= 4 is 74.5 Å². The van der Waals surface area contributed by atoms with Crippen molar-refractivity contribution in [2.75, 3.05) is 19.1 Å². The Balaban J connectivity index is 1.14. The molecule has 1 aliphatic carbocycles. The van der Waals surface area contributed by atoms with Crippen molar-refractivity contribution in [2.24, 2.45) is 0 Å². The smallest absolute Gasteiger partial charge is 0.346 e. The number of nitrogens with zero attached hydrogens (tertiary/aromatic N) is 4. The van der Waals surface area contributed by atoms with Crippen LogP contribution in [0.4, 0.5) is 17.1 Å². The van der Waals surface area contributed by atoms with E-state index in [2.05, 4.69) is 61.2 Å². The lowest BCUT2D eigenvalue weighted by molar-refractivity contribution is -0.132. The van der Waals surface area contributed by atoms with Crippen LogP contribution in [0.2, 0.25) is 0 Å². The Labute approximate surface area is 312 Å². The number of fused-ring (bicyclic) bond motifs is 4. The number of nitriles is 1. The summed E-state index contributed by atoms with van der Waals surface area (Å²) in [6, 6.07) is 34.8. The molecule has 0 radical (unpaired) electrons. The molecule has 256 valence electrons. The number of ether oxygens (including phenoxy) is 2. The van der Waals surface area contributed by atoms with Crippen LogP contribution < -0.4 is 14.4 Å². The van der Waals surface area contributed by atoms with Crippen LogP contribution in [0.1, 0.15) is 29.9 Å². The van der Waals surface area contributed by atoms with Gasteiger partial charge in [-0.15, -0.1) is 22.7 Å². The molecule has 0 aliphatic heterocycles. The van der Waals surface area contributed by atoms with Crippen molar-refractivity contribution in [3.05, 3.63) is 119 Å². The molecule has 0 atom stereocenters. The van der Waals surface area contributed by atoms with Crippen molar-refractivity contribution in [1.82, 2.24) is 8.75 Å². The van der Waals surface area contributed by atoms with Gasteiger partial charge in [-0.3, -0.25) is 0 Å². The van der Waals surface area contributed by atoms with Crippen molar-refractivity contribution in [3.8, 4) is 48.9 Å². The molecular weight excluding hydrogens is 709 g/mol. The molecule has 0 saturated heterocycles. The number of thiophene rings is 2. The summed E-state index contributed by atoms with van der Waals surface area (Å²) in [4.78, 5) is 17.8. The van der Waals surface area contributed by atoms with Crippen molar-refractivity contribution in [2.45, 2.75) is 19.3 Å². The van der Waals surface area contributed by atoms with E-state index in [0.29, 0.717) is 0 Å². The molecule has 52 heavy (non-hydrogen) atoms. The first-order valence-electron chi connectivity index (χ1n) is 16.3. The van der Waals surface area contributed by atoms with Gasteiger partial charge in [-0.25, -0.2) is 4.79 Å². The summed E-state index contributed by atoms with van der Waals surface area (Å²) in [5.74, 6) is 0.360. The molecule has 8 rings (SSSR count). The molecule has 0 saturated carbocycles. The van der Waals surface area contributed by atoms with Crippen LogP contribution in [0.3, 0.4) is 0 Å². The summed E-state index contributed by atoms with van der Waals surface area (Å²) in [7, 11) is 3.33. The number of methoxy groups -OCH3 is 2. The van der Waals surface area contributed by atoms with E-state index in [1.807, 2.05) is 54.6 Å². The molecule has 0 spiro atoms. The first-order chi connectivity index (χ1) is 25.2. The molecule has 0 fully saturated rings. The Bertz CT molecular complexity index is 2510. The summed E-state index contributed by atoms with van der Waals surface area (Å²) in [6.45, 7) is 4.38. The quantitative estimate of drug-likeness (QED) is 0.115. The predicted molar refractivity (Wildman–Crippen MR) is 211 cm³/mol. The number of aromatic nitrogens is 2. The van der Waals surface area contributed by atoms with Gasteiger partial charge in [0.1, 0.15) is 34.2 Å². The topological polar surface area (TPSA) is 109 Å². The van der Waals surface area contributed by atoms with Gasteiger partial charge in [0.15, 0.2) is 0 Å². The van der Waals surface area contributed by atoms with Crippen molar-refractivity contribution in [1.29, 1.82) is 5.26 Å². The zero-order chi connectivity index (χ0) is 36.1. The first kappa shape index (κ1) is 33.3. The highest BCUT2D eigenvalue weighted by Crippen LogP contribution is 2.57. The predicted octanol–water partition coefficient (Wildman–Crippen LogP) is 10.9. The Kier molecular flexibility index (Phi) is 8.38. The molecule has 0 unspecified atom stereocenters. The summed E-state index contributed by atoms with van der Waals surface area (Å²) >= 11 is 4.45. The highest BCUT2D eigenvalue weighted by Gasteiger charge is 2.39. The van der Waals surface area contributed by atoms with E-state index in [0.717, 1.165) is 76.5 Å². The van der Waals surface area contributed by atoms with Gasteiger partial charge in [-0.1, -0.05) is 38.1 Å². The number of hydrogen-bond acceptors (Lipinski definition) is 10. The van der Waals surface area contributed by atoms with E-state index in [1.54, 1.807) is 31.6 Å². The molecule has 11 heteroatoms. The summed E-state index contributed by atoms with van der Waals surface area (Å²) in [5.41, 5.74) is 9.61. The van der Waals surface area contributed by atoms with Crippen LogP contribution in [0.25, 0.3) is 48.4 Å². The van der Waals surface area contributed by atoms with Gasteiger partial charge >= 0.3 is 5.97 Å². The summed E-state index contributed by atoms with van der Waals surface area (Å²) in [6.07, 6.45) is 1.46. The van der Waals surface area contributed by atoms with Crippen LogP contribution >= 0.6 is 34.4 Å². The molecule has 3 aromatic heterocycles. The number of rotatable bonds is 9. The third kappa shape index (κ3) is 5.62. The van der Waals surface area contributed by atoms with Crippen LogP contribution in [-0.4, -0.2) is 34.0 Å². The summed E-state index contributed by atoms with van der Waals surface area (Å²) in [5, 5.41) is 18.7. The number of aliphatic carboxylic acids is 1. The van der Waals surface area contributed by atoms with Gasteiger partial charge in [-0.05, 0) is 95.6 Å². The molecule has 0 bridgehead atoms. The van der Waals surface area contributed by atoms with Crippen LogP contribution in [-0.2, 0) is 10.2 Å². The maximum Gasteiger partial charge on any atom is 0.346 e. The molecule has 3 heterocycles. The minimum Gasteiger partial charge on any atom is -0.497 e. The molecule has 4 aromatic carbocycles. The number of benzene rings is 4. The van der Waals surface area contributed by atoms with Gasteiger partial charge in [0, 0.05) is 53.1 Å². The van der Waals surface area contributed by atoms with E-state index in [4.69, 9.17) is 18.2 Å². The molecule has 0 amide bonds. The second kappa shape index (κ2) is 13.1. The fourth-order valence-electron chi connectivity index (χ4n) is 6.70.